The van der Waals surface area contributed by atoms with Gasteiger partial charge in [0.1, 0.15) is 0 Å². The van der Waals surface area contributed by atoms with Crippen LogP contribution in [-0.2, 0) is 13.0 Å². The van der Waals surface area contributed by atoms with Crippen molar-refractivity contribution >= 4 is 10.9 Å². The minimum Gasteiger partial charge on any atom is -0.344 e. The first-order valence-electron chi connectivity index (χ1n) is 7.97. The largest absolute Gasteiger partial charge is 0.344 e. The van der Waals surface area contributed by atoms with E-state index in [1.165, 1.54) is 43.1 Å². The van der Waals surface area contributed by atoms with Gasteiger partial charge in [0.25, 0.3) is 0 Å². The Bertz CT molecular complexity index is 562. The molecule has 0 radical (unpaired) electrons. The quantitative estimate of drug-likeness (QED) is 0.814. The molecule has 0 fully saturated rings. The van der Waals surface area contributed by atoms with Crippen LogP contribution in [0.15, 0.2) is 24.3 Å². The highest BCUT2D eigenvalue weighted by Crippen LogP contribution is 2.40. The maximum absolute atomic E-state index is 2.57. The Morgan fingerprint density at radius 2 is 2.05 bits per heavy atom. The van der Waals surface area contributed by atoms with Crippen molar-refractivity contribution in [3.8, 4) is 0 Å². The molecule has 2 heteroatoms. The molecule has 1 unspecified atom stereocenters. The number of nitrogens with zero attached hydrogens (tertiary/aromatic N) is 2. The van der Waals surface area contributed by atoms with E-state index >= 15 is 0 Å². The average Bonchev–Trinajstić information content (AvgIpc) is 2.79. The molecule has 0 spiro atoms. The van der Waals surface area contributed by atoms with Crippen molar-refractivity contribution in [2.24, 2.45) is 0 Å². The van der Waals surface area contributed by atoms with Crippen LogP contribution in [0.2, 0.25) is 0 Å². The van der Waals surface area contributed by atoms with E-state index in [1.54, 1.807) is 11.3 Å². The monoisotopic (exact) mass is 270 g/mol. The Labute approximate surface area is 122 Å². The van der Waals surface area contributed by atoms with E-state index in [0.717, 1.165) is 12.5 Å². The molecule has 0 saturated heterocycles. The van der Waals surface area contributed by atoms with Crippen molar-refractivity contribution in [3.63, 3.8) is 0 Å². The smallest absolute Gasteiger partial charge is 0.0485 e. The van der Waals surface area contributed by atoms with Gasteiger partial charge in [-0.2, -0.15) is 0 Å². The summed E-state index contributed by atoms with van der Waals surface area (Å²) in [5.41, 5.74) is 4.72. The van der Waals surface area contributed by atoms with Gasteiger partial charge < -0.3 is 9.47 Å². The van der Waals surface area contributed by atoms with Crippen LogP contribution >= 0.6 is 0 Å². The van der Waals surface area contributed by atoms with Crippen LogP contribution in [0.4, 0.5) is 0 Å². The van der Waals surface area contributed by atoms with E-state index in [0.29, 0.717) is 0 Å². The summed E-state index contributed by atoms with van der Waals surface area (Å²) in [5, 5.41) is 1.50. The van der Waals surface area contributed by atoms with E-state index < -0.39 is 0 Å². The molecule has 0 N–H and O–H groups in total. The number of benzene rings is 1. The number of para-hydroxylation sites is 1. The van der Waals surface area contributed by atoms with Gasteiger partial charge in [0.15, 0.2) is 0 Å². The van der Waals surface area contributed by atoms with Crippen LogP contribution in [-0.4, -0.2) is 30.1 Å². The molecule has 1 aromatic carbocycles. The third kappa shape index (κ3) is 2.26. The van der Waals surface area contributed by atoms with Crippen molar-refractivity contribution in [2.45, 2.75) is 45.1 Å². The predicted octanol–water partition coefficient (Wildman–Crippen LogP) is 4.03. The second-order valence-electron chi connectivity index (χ2n) is 6.31. The van der Waals surface area contributed by atoms with Crippen molar-refractivity contribution < 1.29 is 0 Å². The molecule has 0 bridgehead atoms. The summed E-state index contributed by atoms with van der Waals surface area (Å²) in [6.45, 7) is 4.56. The minimum absolute atomic E-state index is 0.744. The number of hydrogen-bond donors (Lipinski definition) is 0. The Kier molecular flexibility index (Phi) is 3.84. The summed E-state index contributed by atoms with van der Waals surface area (Å²) in [6, 6.07) is 8.97. The zero-order valence-corrected chi connectivity index (χ0v) is 13.0. The maximum Gasteiger partial charge on any atom is 0.0485 e. The van der Waals surface area contributed by atoms with Gasteiger partial charge in [0, 0.05) is 29.1 Å². The number of aryl methyl sites for hydroxylation is 2. The van der Waals surface area contributed by atoms with Gasteiger partial charge in [-0.3, -0.25) is 0 Å². The molecule has 1 heterocycles. The second-order valence-corrected chi connectivity index (χ2v) is 6.31. The van der Waals surface area contributed by atoms with Crippen LogP contribution in [0.3, 0.4) is 0 Å². The zero-order chi connectivity index (χ0) is 14.1. The van der Waals surface area contributed by atoms with Crippen LogP contribution < -0.4 is 0 Å². The average molecular weight is 270 g/mol. The lowest BCUT2D eigenvalue weighted by Crippen LogP contribution is -2.20. The van der Waals surface area contributed by atoms with Gasteiger partial charge in [0.2, 0.25) is 0 Å². The summed E-state index contributed by atoms with van der Waals surface area (Å²) < 4.78 is 2.57. The lowest BCUT2D eigenvalue weighted by Gasteiger charge is -2.26. The SMILES string of the molecule is CCn1c2c(c3ccccc31)CCCC2CCN(C)C. The fourth-order valence-electron chi connectivity index (χ4n) is 3.82. The van der Waals surface area contributed by atoms with Crippen LogP contribution in [0.25, 0.3) is 10.9 Å². The number of hydrogen-bond acceptors (Lipinski definition) is 1. The third-order valence-corrected chi connectivity index (χ3v) is 4.73. The second kappa shape index (κ2) is 5.61. The summed E-state index contributed by atoms with van der Waals surface area (Å²) in [6.07, 6.45) is 5.26. The summed E-state index contributed by atoms with van der Waals surface area (Å²) in [5.74, 6) is 0.744. The van der Waals surface area contributed by atoms with Gasteiger partial charge in [-0.15, -0.1) is 0 Å². The van der Waals surface area contributed by atoms with E-state index in [2.05, 4.69) is 54.8 Å². The third-order valence-electron chi connectivity index (χ3n) is 4.73. The predicted molar refractivity (Wildman–Crippen MR) is 86.5 cm³/mol. The number of rotatable bonds is 4. The number of fused-ring (bicyclic) bond motifs is 3. The molecule has 1 atom stereocenters. The Morgan fingerprint density at radius 3 is 2.80 bits per heavy atom. The van der Waals surface area contributed by atoms with E-state index in [9.17, 15) is 0 Å². The van der Waals surface area contributed by atoms with Crippen LogP contribution in [0.5, 0.6) is 0 Å². The topological polar surface area (TPSA) is 8.17 Å². The molecule has 108 valence electrons. The Hall–Kier alpha value is -1.28. The molecular weight excluding hydrogens is 244 g/mol. The molecule has 0 amide bonds. The van der Waals surface area contributed by atoms with E-state index in [4.69, 9.17) is 0 Å². The highest BCUT2D eigenvalue weighted by atomic mass is 15.1. The van der Waals surface area contributed by atoms with Gasteiger partial charge in [-0.1, -0.05) is 18.2 Å². The van der Waals surface area contributed by atoms with Gasteiger partial charge in [-0.25, -0.2) is 0 Å². The molecular formula is C18H26N2. The Balaban J connectivity index is 2.07. The highest BCUT2D eigenvalue weighted by molar-refractivity contribution is 5.86. The first kappa shape index (κ1) is 13.7. The molecule has 1 aromatic heterocycles. The van der Waals surface area contributed by atoms with Crippen molar-refractivity contribution in [1.29, 1.82) is 0 Å². The van der Waals surface area contributed by atoms with Gasteiger partial charge >= 0.3 is 0 Å². The molecule has 3 rings (SSSR count). The van der Waals surface area contributed by atoms with Crippen molar-refractivity contribution in [1.82, 2.24) is 9.47 Å². The zero-order valence-electron chi connectivity index (χ0n) is 13.0. The Morgan fingerprint density at radius 1 is 1.25 bits per heavy atom. The molecule has 1 aliphatic carbocycles. The fraction of sp³-hybridized carbons (Fsp3) is 0.556. The summed E-state index contributed by atoms with van der Waals surface area (Å²) >= 11 is 0. The molecule has 2 nitrogen and oxygen atoms in total. The highest BCUT2D eigenvalue weighted by Gasteiger charge is 2.26. The molecule has 2 aromatic rings. The summed E-state index contributed by atoms with van der Waals surface area (Å²) in [7, 11) is 4.36. The molecule has 20 heavy (non-hydrogen) atoms. The lowest BCUT2D eigenvalue weighted by atomic mass is 9.84. The lowest BCUT2D eigenvalue weighted by molar-refractivity contribution is 0.362. The normalized spacial score (nSPS) is 18.7. The first-order chi connectivity index (χ1) is 9.72. The van der Waals surface area contributed by atoms with Crippen LogP contribution in [0.1, 0.15) is 43.4 Å². The standard InChI is InChI=1S/C18H26N2/c1-4-20-17-11-6-5-9-15(17)16-10-7-8-14(18(16)20)12-13-19(2)3/h5-6,9,11,14H,4,7-8,10,12-13H2,1-3H3. The van der Waals surface area contributed by atoms with Gasteiger partial charge in [0.05, 0.1) is 0 Å². The maximum atomic E-state index is 2.57. The van der Waals surface area contributed by atoms with E-state index in [-0.39, 0.29) is 0 Å². The minimum atomic E-state index is 0.744. The summed E-state index contributed by atoms with van der Waals surface area (Å²) in [4.78, 5) is 2.31. The molecule has 0 aliphatic heterocycles. The van der Waals surface area contributed by atoms with E-state index in [1.807, 2.05) is 0 Å². The fourth-order valence-corrected chi connectivity index (χ4v) is 3.82. The van der Waals surface area contributed by atoms with Crippen LogP contribution in [0, 0.1) is 0 Å². The molecule has 0 saturated carbocycles. The van der Waals surface area contributed by atoms with Gasteiger partial charge in [-0.05, 0) is 64.9 Å². The molecule has 1 aliphatic rings. The first-order valence-corrected chi connectivity index (χ1v) is 7.97. The van der Waals surface area contributed by atoms with Crippen molar-refractivity contribution in [2.75, 3.05) is 20.6 Å². The van der Waals surface area contributed by atoms with Crippen molar-refractivity contribution in [3.05, 3.63) is 35.5 Å². The number of aromatic nitrogens is 1.